The first-order valence-corrected chi connectivity index (χ1v) is 6.93. The normalized spacial score (nSPS) is 22.8. The molecule has 0 aliphatic carbocycles. The Bertz CT molecular complexity index is 464. The van der Waals surface area contributed by atoms with Crippen LogP contribution in [0.15, 0.2) is 17.0 Å². The van der Waals surface area contributed by atoms with Gasteiger partial charge in [-0.2, -0.15) is 0 Å². The highest BCUT2D eigenvalue weighted by molar-refractivity contribution is 7.85. The minimum Gasteiger partial charge on any atom is -0.490 e. The van der Waals surface area contributed by atoms with Gasteiger partial charge in [0.05, 0.1) is 28.9 Å². The predicted octanol–water partition coefficient (Wildman–Crippen LogP) is 1.54. The Morgan fingerprint density at radius 3 is 2.59 bits per heavy atom. The van der Waals surface area contributed by atoms with E-state index in [-0.39, 0.29) is 5.78 Å². The zero-order valence-electron chi connectivity index (χ0n) is 9.23. The van der Waals surface area contributed by atoms with Gasteiger partial charge in [-0.25, -0.2) is 0 Å². The average Bonchev–Trinajstić information content (AvgIpc) is 2.57. The Morgan fingerprint density at radius 1 is 1.12 bits per heavy atom. The molecule has 3 rings (SSSR count). The summed E-state index contributed by atoms with van der Waals surface area (Å²) < 4.78 is 22.9. The van der Waals surface area contributed by atoms with Crippen LogP contribution >= 0.6 is 0 Å². The smallest absolute Gasteiger partial charge is 0.165 e. The molecule has 1 atom stereocenters. The fraction of sp³-hybridized carbons (Fsp3) is 0.417. The quantitative estimate of drug-likeness (QED) is 0.703. The topological polar surface area (TPSA) is 52.6 Å². The van der Waals surface area contributed by atoms with Crippen LogP contribution in [0.4, 0.5) is 0 Å². The molecular formula is C12H12O4S. The van der Waals surface area contributed by atoms with E-state index in [0.717, 1.165) is 6.42 Å². The van der Waals surface area contributed by atoms with E-state index in [0.29, 0.717) is 47.3 Å². The van der Waals surface area contributed by atoms with E-state index < -0.39 is 10.8 Å². The van der Waals surface area contributed by atoms with Gasteiger partial charge in [-0.15, -0.1) is 0 Å². The number of ether oxygens (including phenoxy) is 2. The first-order chi connectivity index (χ1) is 8.25. The second-order valence-corrected chi connectivity index (χ2v) is 5.61. The van der Waals surface area contributed by atoms with Crippen LogP contribution in [0.5, 0.6) is 11.5 Å². The van der Waals surface area contributed by atoms with E-state index in [1.54, 1.807) is 12.1 Å². The maximum absolute atomic E-state index is 11.9. The van der Waals surface area contributed by atoms with Crippen molar-refractivity contribution in [1.82, 2.24) is 0 Å². The standard InChI is InChI=1S/C12H12O4S/c13-9-2-5-17(14)12-7-11-10(6-8(9)12)15-3-1-4-16-11/h6-7H,1-5H2. The van der Waals surface area contributed by atoms with Crippen molar-refractivity contribution < 1.29 is 18.5 Å². The SMILES string of the molecule is O=C1CCS(=O)c2cc3c(cc21)OCCCO3. The molecule has 0 N–H and O–H groups in total. The lowest BCUT2D eigenvalue weighted by molar-refractivity contribution is 0.0983. The van der Waals surface area contributed by atoms with Gasteiger partial charge in [0.1, 0.15) is 0 Å². The summed E-state index contributed by atoms with van der Waals surface area (Å²) >= 11 is 0. The van der Waals surface area contributed by atoms with Crippen molar-refractivity contribution in [3.8, 4) is 11.5 Å². The highest BCUT2D eigenvalue weighted by atomic mass is 32.2. The van der Waals surface area contributed by atoms with Crippen LogP contribution in [0, 0.1) is 0 Å². The number of hydrogen-bond acceptors (Lipinski definition) is 4. The Morgan fingerprint density at radius 2 is 1.82 bits per heavy atom. The van der Waals surface area contributed by atoms with Crippen molar-refractivity contribution in [3.05, 3.63) is 17.7 Å². The molecule has 1 aromatic carbocycles. The monoisotopic (exact) mass is 252 g/mol. The van der Waals surface area contributed by atoms with Gasteiger partial charge < -0.3 is 9.47 Å². The number of ketones is 1. The Hall–Kier alpha value is -1.36. The molecule has 0 bridgehead atoms. The van der Waals surface area contributed by atoms with Gasteiger partial charge in [-0.05, 0) is 6.07 Å². The number of fused-ring (bicyclic) bond motifs is 2. The predicted molar refractivity (Wildman–Crippen MR) is 62.3 cm³/mol. The molecule has 2 aliphatic heterocycles. The third-order valence-electron chi connectivity index (χ3n) is 2.91. The molecule has 0 saturated heterocycles. The third kappa shape index (κ3) is 1.84. The van der Waals surface area contributed by atoms with Gasteiger partial charge in [-0.1, -0.05) is 0 Å². The maximum atomic E-state index is 11.9. The van der Waals surface area contributed by atoms with Gasteiger partial charge in [0.25, 0.3) is 0 Å². The van der Waals surface area contributed by atoms with E-state index in [4.69, 9.17) is 9.47 Å². The van der Waals surface area contributed by atoms with E-state index >= 15 is 0 Å². The molecule has 4 nitrogen and oxygen atoms in total. The fourth-order valence-electron chi connectivity index (χ4n) is 2.03. The summed E-state index contributed by atoms with van der Waals surface area (Å²) in [4.78, 5) is 12.4. The molecule has 90 valence electrons. The molecule has 0 radical (unpaired) electrons. The summed E-state index contributed by atoms with van der Waals surface area (Å²) in [6, 6.07) is 3.37. The summed E-state index contributed by atoms with van der Waals surface area (Å²) in [7, 11) is -1.10. The van der Waals surface area contributed by atoms with Gasteiger partial charge in [0, 0.05) is 30.2 Å². The van der Waals surface area contributed by atoms with Gasteiger partial charge in [-0.3, -0.25) is 9.00 Å². The van der Waals surface area contributed by atoms with E-state index in [9.17, 15) is 9.00 Å². The molecule has 0 aromatic heterocycles. The summed E-state index contributed by atoms with van der Waals surface area (Å²) in [5.74, 6) is 1.64. The number of hydrogen-bond donors (Lipinski definition) is 0. The second-order valence-electron chi connectivity index (χ2n) is 4.07. The van der Waals surface area contributed by atoms with Crippen LogP contribution in [0.25, 0.3) is 0 Å². The number of carbonyl (C=O) groups is 1. The van der Waals surface area contributed by atoms with Crippen LogP contribution in [-0.2, 0) is 10.8 Å². The molecule has 0 amide bonds. The minimum absolute atomic E-state index is 0.0373. The molecule has 2 aliphatic rings. The average molecular weight is 252 g/mol. The lowest BCUT2D eigenvalue weighted by atomic mass is 10.1. The van der Waals surface area contributed by atoms with Crippen molar-refractivity contribution in [2.75, 3.05) is 19.0 Å². The fourth-order valence-corrected chi connectivity index (χ4v) is 3.27. The Labute approximate surface area is 101 Å². The molecule has 5 heteroatoms. The molecule has 0 fully saturated rings. The molecule has 0 spiro atoms. The summed E-state index contributed by atoms with van der Waals surface area (Å²) in [5.41, 5.74) is 0.527. The molecule has 1 aromatic rings. The van der Waals surface area contributed by atoms with Gasteiger partial charge in [0.15, 0.2) is 17.3 Å². The molecule has 0 saturated carbocycles. The Kier molecular flexibility index (Phi) is 2.63. The van der Waals surface area contributed by atoms with Crippen LogP contribution in [-0.4, -0.2) is 29.0 Å². The second kappa shape index (κ2) is 4.14. The third-order valence-corrected chi connectivity index (χ3v) is 4.31. The number of rotatable bonds is 0. The molecular weight excluding hydrogens is 240 g/mol. The van der Waals surface area contributed by atoms with E-state index in [1.165, 1.54) is 0 Å². The zero-order chi connectivity index (χ0) is 11.8. The van der Waals surface area contributed by atoms with Crippen molar-refractivity contribution in [3.63, 3.8) is 0 Å². The first-order valence-electron chi connectivity index (χ1n) is 5.61. The van der Waals surface area contributed by atoms with E-state index in [2.05, 4.69) is 0 Å². The first kappa shape index (κ1) is 10.8. The lowest BCUT2D eigenvalue weighted by Gasteiger charge is -2.17. The summed E-state index contributed by atoms with van der Waals surface area (Å²) in [6.45, 7) is 1.18. The van der Waals surface area contributed by atoms with Gasteiger partial charge >= 0.3 is 0 Å². The number of Topliss-reactive ketones (excluding diaryl/α,β-unsaturated/α-hetero) is 1. The van der Waals surface area contributed by atoms with Gasteiger partial charge in [0.2, 0.25) is 0 Å². The number of benzene rings is 1. The molecule has 1 unspecified atom stereocenters. The highest BCUT2D eigenvalue weighted by Gasteiger charge is 2.26. The van der Waals surface area contributed by atoms with Crippen molar-refractivity contribution in [1.29, 1.82) is 0 Å². The van der Waals surface area contributed by atoms with Crippen LogP contribution in [0.1, 0.15) is 23.2 Å². The zero-order valence-corrected chi connectivity index (χ0v) is 10.0. The number of carbonyl (C=O) groups excluding carboxylic acids is 1. The molecule has 17 heavy (non-hydrogen) atoms. The van der Waals surface area contributed by atoms with Crippen molar-refractivity contribution in [2.45, 2.75) is 17.7 Å². The molecule has 2 heterocycles. The maximum Gasteiger partial charge on any atom is 0.165 e. The summed E-state index contributed by atoms with van der Waals surface area (Å²) in [6.07, 6.45) is 1.16. The van der Waals surface area contributed by atoms with Crippen molar-refractivity contribution >= 4 is 16.6 Å². The van der Waals surface area contributed by atoms with Crippen LogP contribution in [0.3, 0.4) is 0 Å². The van der Waals surface area contributed by atoms with E-state index in [1.807, 2.05) is 0 Å². The lowest BCUT2D eigenvalue weighted by Crippen LogP contribution is -2.17. The van der Waals surface area contributed by atoms with Crippen LogP contribution < -0.4 is 9.47 Å². The minimum atomic E-state index is -1.10. The summed E-state index contributed by atoms with van der Waals surface area (Å²) in [5, 5.41) is 0. The largest absolute Gasteiger partial charge is 0.490 e. The van der Waals surface area contributed by atoms with Crippen molar-refractivity contribution in [2.24, 2.45) is 0 Å². The van der Waals surface area contributed by atoms with Crippen LogP contribution in [0.2, 0.25) is 0 Å². The Balaban J connectivity index is 2.14. The highest BCUT2D eigenvalue weighted by Crippen LogP contribution is 2.36.